The van der Waals surface area contributed by atoms with E-state index in [1.165, 1.54) is 6.07 Å². The number of hydrogen-bond acceptors (Lipinski definition) is 1. The standard InChI is InChI=1S/C13H17FO/c1-4-13(15)9(2)8-11-6-5-7-12(14)10(11)3/h5-7,9H,4,8H2,1-3H3. The molecule has 0 amide bonds. The van der Waals surface area contributed by atoms with Gasteiger partial charge in [-0.05, 0) is 30.5 Å². The van der Waals surface area contributed by atoms with Gasteiger partial charge in [0.2, 0.25) is 0 Å². The summed E-state index contributed by atoms with van der Waals surface area (Å²) in [5, 5.41) is 0. The molecule has 0 saturated carbocycles. The minimum atomic E-state index is -0.191. The molecule has 15 heavy (non-hydrogen) atoms. The van der Waals surface area contributed by atoms with Crippen LogP contribution in [0, 0.1) is 18.7 Å². The first-order chi connectivity index (χ1) is 7.06. The maximum absolute atomic E-state index is 13.2. The average molecular weight is 208 g/mol. The summed E-state index contributed by atoms with van der Waals surface area (Å²) in [5.74, 6) is 0.0257. The molecule has 0 saturated heterocycles. The number of hydrogen-bond donors (Lipinski definition) is 0. The van der Waals surface area contributed by atoms with E-state index < -0.39 is 0 Å². The number of benzene rings is 1. The lowest BCUT2D eigenvalue weighted by Gasteiger charge is -2.11. The van der Waals surface area contributed by atoms with Crippen molar-refractivity contribution in [3.63, 3.8) is 0 Å². The second kappa shape index (κ2) is 5.06. The van der Waals surface area contributed by atoms with Gasteiger partial charge in [-0.2, -0.15) is 0 Å². The zero-order chi connectivity index (χ0) is 11.4. The van der Waals surface area contributed by atoms with Crippen molar-refractivity contribution in [2.45, 2.75) is 33.6 Å². The fourth-order valence-corrected chi connectivity index (χ4v) is 1.67. The van der Waals surface area contributed by atoms with Crippen molar-refractivity contribution in [3.8, 4) is 0 Å². The molecule has 0 radical (unpaired) electrons. The van der Waals surface area contributed by atoms with Gasteiger partial charge in [-0.15, -0.1) is 0 Å². The Labute approximate surface area is 90.3 Å². The largest absolute Gasteiger partial charge is 0.299 e. The number of Topliss-reactive ketones (excluding diaryl/α,β-unsaturated/α-hetero) is 1. The van der Waals surface area contributed by atoms with Crippen LogP contribution in [0.5, 0.6) is 0 Å². The molecule has 0 heterocycles. The summed E-state index contributed by atoms with van der Waals surface area (Å²) in [6, 6.07) is 5.03. The van der Waals surface area contributed by atoms with Gasteiger partial charge in [-0.25, -0.2) is 4.39 Å². The van der Waals surface area contributed by atoms with Crippen LogP contribution in [-0.4, -0.2) is 5.78 Å². The second-order valence-electron chi connectivity index (χ2n) is 3.95. The van der Waals surface area contributed by atoms with Gasteiger partial charge < -0.3 is 0 Å². The predicted octanol–water partition coefficient (Wildman–Crippen LogP) is 3.29. The van der Waals surface area contributed by atoms with Crippen molar-refractivity contribution < 1.29 is 9.18 Å². The molecule has 0 aliphatic carbocycles. The number of carbonyl (C=O) groups is 1. The molecular formula is C13H17FO. The Morgan fingerprint density at radius 3 is 2.73 bits per heavy atom. The van der Waals surface area contributed by atoms with Crippen LogP contribution in [0.3, 0.4) is 0 Å². The lowest BCUT2D eigenvalue weighted by atomic mass is 9.93. The molecule has 0 spiro atoms. The van der Waals surface area contributed by atoms with Crippen LogP contribution in [0.15, 0.2) is 18.2 Å². The zero-order valence-corrected chi connectivity index (χ0v) is 9.51. The van der Waals surface area contributed by atoms with Crippen molar-refractivity contribution in [2.75, 3.05) is 0 Å². The van der Waals surface area contributed by atoms with Crippen molar-refractivity contribution in [1.82, 2.24) is 0 Å². The van der Waals surface area contributed by atoms with E-state index in [-0.39, 0.29) is 17.5 Å². The Morgan fingerprint density at radius 1 is 1.47 bits per heavy atom. The molecule has 0 aromatic heterocycles. The van der Waals surface area contributed by atoms with Crippen molar-refractivity contribution >= 4 is 5.78 Å². The minimum Gasteiger partial charge on any atom is -0.299 e. The Kier molecular flexibility index (Phi) is 4.01. The number of carbonyl (C=O) groups excluding carboxylic acids is 1. The first-order valence-electron chi connectivity index (χ1n) is 5.33. The summed E-state index contributed by atoms with van der Waals surface area (Å²) in [7, 11) is 0. The van der Waals surface area contributed by atoms with Gasteiger partial charge in [-0.1, -0.05) is 26.0 Å². The van der Waals surface area contributed by atoms with Gasteiger partial charge in [0, 0.05) is 12.3 Å². The van der Waals surface area contributed by atoms with E-state index in [9.17, 15) is 9.18 Å². The highest BCUT2D eigenvalue weighted by Gasteiger charge is 2.13. The summed E-state index contributed by atoms with van der Waals surface area (Å²) < 4.78 is 13.2. The molecule has 1 unspecified atom stereocenters. The number of rotatable bonds is 4. The van der Waals surface area contributed by atoms with E-state index in [1.807, 2.05) is 19.9 Å². The quantitative estimate of drug-likeness (QED) is 0.742. The molecular weight excluding hydrogens is 191 g/mol. The third kappa shape index (κ3) is 2.88. The fraction of sp³-hybridized carbons (Fsp3) is 0.462. The number of halogens is 1. The van der Waals surface area contributed by atoms with Gasteiger partial charge >= 0.3 is 0 Å². The van der Waals surface area contributed by atoms with Gasteiger partial charge in [0.15, 0.2) is 0 Å². The molecule has 0 aliphatic rings. The van der Waals surface area contributed by atoms with Crippen LogP contribution in [0.4, 0.5) is 4.39 Å². The third-order valence-corrected chi connectivity index (χ3v) is 2.80. The minimum absolute atomic E-state index is 0.0181. The molecule has 1 rings (SSSR count). The lowest BCUT2D eigenvalue weighted by Crippen LogP contribution is -2.13. The zero-order valence-electron chi connectivity index (χ0n) is 9.51. The first kappa shape index (κ1) is 11.9. The second-order valence-corrected chi connectivity index (χ2v) is 3.95. The van der Waals surface area contributed by atoms with Gasteiger partial charge in [-0.3, -0.25) is 4.79 Å². The summed E-state index contributed by atoms with van der Waals surface area (Å²) in [4.78, 5) is 11.4. The molecule has 0 aliphatic heterocycles. The van der Waals surface area contributed by atoms with Crippen LogP contribution in [-0.2, 0) is 11.2 Å². The third-order valence-electron chi connectivity index (χ3n) is 2.80. The van der Waals surface area contributed by atoms with Crippen LogP contribution < -0.4 is 0 Å². The van der Waals surface area contributed by atoms with Crippen LogP contribution >= 0.6 is 0 Å². The monoisotopic (exact) mass is 208 g/mol. The maximum Gasteiger partial charge on any atom is 0.135 e. The summed E-state index contributed by atoms with van der Waals surface area (Å²) >= 11 is 0. The van der Waals surface area contributed by atoms with Gasteiger partial charge in [0.1, 0.15) is 11.6 Å². The molecule has 1 atom stereocenters. The highest BCUT2D eigenvalue weighted by Crippen LogP contribution is 2.17. The smallest absolute Gasteiger partial charge is 0.135 e. The van der Waals surface area contributed by atoms with Crippen LogP contribution in [0.25, 0.3) is 0 Å². The highest BCUT2D eigenvalue weighted by atomic mass is 19.1. The van der Waals surface area contributed by atoms with Crippen molar-refractivity contribution in [2.24, 2.45) is 5.92 Å². The predicted molar refractivity (Wildman–Crippen MR) is 59.3 cm³/mol. The molecule has 0 bridgehead atoms. The van der Waals surface area contributed by atoms with E-state index in [2.05, 4.69) is 0 Å². The average Bonchev–Trinajstić information content (AvgIpc) is 2.23. The Balaban J connectivity index is 2.81. The molecule has 82 valence electrons. The van der Waals surface area contributed by atoms with E-state index in [0.29, 0.717) is 18.4 Å². The SMILES string of the molecule is CCC(=O)C(C)Cc1cccc(F)c1C. The lowest BCUT2D eigenvalue weighted by molar-refractivity contribution is -0.122. The Morgan fingerprint density at radius 2 is 2.13 bits per heavy atom. The van der Waals surface area contributed by atoms with Crippen molar-refractivity contribution in [1.29, 1.82) is 0 Å². The normalized spacial score (nSPS) is 12.5. The summed E-state index contributed by atoms with van der Waals surface area (Å²) in [6.07, 6.45) is 1.19. The molecule has 1 nitrogen and oxygen atoms in total. The number of ketones is 1. The summed E-state index contributed by atoms with van der Waals surface area (Å²) in [6.45, 7) is 5.52. The Bertz CT molecular complexity index is 358. The van der Waals surface area contributed by atoms with Crippen LogP contribution in [0.2, 0.25) is 0 Å². The highest BCUT2D eigenvalue weighted by molar-refractivity contribution is 5.80. The van der Waals surface area contributed by atoms with Crippen LogP contribution in [0.1, 0.15) is 31.4 Å². The Hall–Kier alpha value is -1.18. The molecule has 0 N–H and O–H groups in total. The molecule has 2 heteroatoms. The first-order valence-corrected chi connectivity index (χ1v) is 5.33. The molecule has 1 aromatic carbocycles. The van der Waals surface area contributed by atoms with E-state index in [4.69, 9.17) is 0 Å². The molecule has 1 aromatic rings. The van der Waals surface area contributed by atoms with Gasteiger partial charge in [0.25, 0.3) is 0 Å². The fourth-order valence-electron chi connectivity index (χ4n) is 1.67. The topological polar surface area (TPSA) is 17.1 Å². The maximum atomic E-state index is 13.2. The van der Waals surface area contributed by atoms with E-state index in [0.717, 1.165) is 5.56 Å². The van der Waals surface area contributed by atoms with Crippen molar-refractivity contribution in [3.05, 3.63) is 35.1 Å². The molecule has 0 fully saturated rings. The van der Waals surface area contributed by atoms with E-state index in [1.54, 1.807) is 13.0 Å². The van der Waals surface area contributed by atoms with E-state index >= 15 is 0 Å². The van der Waals surface area contributed by atoms with Gasteiger partial charge in [0.05, 0.1) is 0 Å². The summed E-state index contributed by atoms with van der Waals surface area (Å²) in [5.41, 5.74) is 1.59.